The minimum absolute atomic E-state index is 0.0152. The van der Waals surface area contributed by atoms with Crippen molar-refractivity contribution in [1.82, 2.24) is 4.98 Å². The molecule has 4 bridgehead atoms. The van der Waals surface area contributed by atoms with E-state index < -0.39 is 10.8 Å². The molecule has 3 aromatic rings. The van der Waals surface area contributed by atoms with Gasteiger partial charge in [0.05, 0.1) is 30.3 Å². The molecular formula is C32H25N3O2S. The second kappa shape index (κ2) is 8.18. The minimum Gasteiger partial charge on any atom is -0.497 e. The number of allylic oxidation sites excluding steroid dienone is 2. The highest BCUT2D eigenvalue weighted by atomic mass is 32.1. The number of nitrogens with zero attached hydrogens (tertiary/aromatic N) is 3. The summed E-state index contributed by atoms with van der Waals surface area (Å²) in [4.78, 5) is 21.5. The summed E-state index contributed by atoms with van der Waals surface area (Å²) in [5.41, 5.74) is 4.25. The SMILES string of the molecule is COc1ccc(Cc2csc(N3C(=O)C4(C)CC5C6=C(C3CC=CC#C6)C4(C#N)c3ccccc35)n2)cc1. The Morgan fingerprint density at radius 3 is 2.84 bits per heavy atom. The number of amides is 1. The maximum atomic E-state index is 14.6. The summed E-state index contributed by atoms with van der Waals surface area (Å²) < 4.78 is 5.28. The second-order valence-electron chi connectivity index (χ2n) is 10.6. The normalized spacial score (nSPS) is 28.1. The smallest absolute Gasteiger partial charge is 0.237 e. The summed E-state index contributed by atoms with van der Waals surface area (Å²) >= 11 is 1.50. The van der Waals surface area contributed by atoms with Crippen molar-refractivity contribution in [1.29, 1.82) is 5.26 Å². The van der Waals surface area contributed by atoms with Crippen molar-refractivity contribution in [2.24, 2.45) is 5.41 Å². The van der Waals surface area contributed by atoms with Gasteiger partial charge in [0.15, 0.2) is 5.13 Å². The van der Waals surface area contributed by atoms with Crippen LogP contribution < -0.4 is 9.64 Å². The zero-order valence-electron chi connectivity index (χ0n) is 21.2. The van der Waals surface area contributed by atoms with Crippen LogP contribution in [0.3, 0.4) is 0 Å². The molecule has 0 saturated carbocycles. The van der Waals surface area contributed by atoms with Crippen LogP contribution in [-0.4, -0.2) is 24.0 Å². The molecule has 0 spiro atoms. The van der Waals surface area contributed by atoms with E-state index in [1.165, 1.54) is 11.3 Å². The number of ether oxygens (including phenoxy) is 1. The number of rotatable bonds is 4. The summed E-state index contributed by atoms with van der Waals surface area (Å²) in [6, 6.07) is 18.5. The van der Waals surface area contributed by atoms with E-state index in [9.17, 15) is 10.1 Å². The number of thiazole rings is 1. The van der Waals surface area contributed by atoms with E-state index in [2.05, 4.69) is 24.0 Å². The third-order valence-electron chi connectivity index (χ3n) is 8.78. The van der Waals surface area contributed by atoms with Crippen molar-refractivity contribution < 1.29 is 9.53 Å². The third kappa shape index (κ3) is 2.87. The van der Waals surface area contributed by atoms with Crippen LogP contribution in [-0.2, 0) is 16.6 Å². The molecule has 5 nitrogen and oxygen atoms in total. The first kappa shape index (κ1) is 23.0. The summed E-state index contributed by atoms with van der Waals surface area (Å²) in [7, 11) is 1.66. The third-order valence-corrected chi connectivity index (χ3v) is 9.67. The summed E-state index contributed by atoms with van der Waals surface area (Å²) in [5, 5.41) is 13.7. The van der Waals surface area contributed by atoms with Crippen LogP contribution in [0, 0.1) is 28.6 Å². The molecule has 4 aliphatic carbocycles. The largest absolute Gasteiger partial charge is 0.497 e. The molecule has 1 aliphatic heterocycles. The lowest BCUT2D eigenvalue weighted by Gasteiger charge is -2.62. The Labute approximate surface area is 226 Å². The number of benzene rings is 2. The predicted molar refractivity (Wildman–Crippen MR) is 147 cm³/mol. The van der Waals surface area contributed by atoms with Gasteiger partial charge < -0.3 is 4.74 Å². The van der Waals surface area contributed by atoms with Gasteiger partial charge >= 0.3 is 0 Å². The summed E-state index contributed by atoms with van der Waals surface area (Å²) in [5.74, 6) is 7.44. The maximum Gasteiger partial charge on any atom is 0.237 e. The second-order valence-corrected chi connectivity index (χ2v) is 11.4. The zero-order chi connectivity index (χ0) is 26.1. The molecule has 6 heteroatoms. The summed E-state index contributed by atoms with van der Waals surface area (Å²) in [6.07, 6.45) is 5.74. The molecule has 1 aromatic heterocycles. The molecule has 1 fully saturated rings. The molecule has 0 radical (unpaired) electrons. The molecule has 1 saturated heterocycles. The van der Waals surface area contributed by atoms with Gasteiger partial charge in [0.25, 0.3) is 0 Å². The highest BCUT2D eigenvalue weighted by Crippen LogP contribution is 2.68. The fourth-order valence-electron chi connectivity index (χ4n) is 7.07. The number of hydrogen-bond acceptors (Lipinski definition) is 5. The van der Waals surface area contributed by atoms with E-state index in [-0.39, 0.29) is 17.9 Å². The van der Waals surface area contributed by atoms with Crippen LogP contribution in [0.2, 0.25) is 0 Å². The number of carbonyl (C=O) groups is 1. The molecule has 4 unspecified atom stereocenters. The van der Waals surface area contributed by atoms with Crippen LogP contribution in [0.4, 0.5) is 5.13 Å². The van der Waals surface area contributed by atoms with E-state index in [0.717, 1.165) is 39.3 Å². The Hall–Kier alpha value is -4.13. The van der Waals surface area contributed by atoms with Gasteiger partial charge in [-0.05, 0) is 60.2 Å². The van der Waals surface area contributed by atoms with Crippen molar-refractivity contribution >= 4 is 22.4 Å². The van der Waals surface area contributed by atoms with Crippen molar-refractivity contribution in [2.75, 3.05) is 12.0 Å². The van der Waals surface area contributed by atoms with Gasteiger partial charge in [-0.25, -0.2) is 4.98 Å². The minimum atomic E-state index is -1.03. The average molecular weight is 516 g/mol. The van der Waals surface area contributed by atoms with Crippen LogP contribution in [0.5, 0.6) is 5.75 Å². The Morgan fingerprint density at radius 2 is 2.05 bits per heavy atom. The average Bonchev–Trinajstić information content (AvgIpc) is 3.38. The number of hydrogen-bond donors (Lipinski definition) is 0. The number of anilines is 1. The van der Waals surface area contributed by atoms with Gasteiger partial charge in [-0.3, -0.25) is 9.69 Å². The van der Waals surface area contributed by atoms with Crippen LogP contribution in [0.1, 0.15) is 48.1 Å². The van der Waals surface area contributed by atoms with Crippen LogP contribution in [0.25, 0.3) is 0 Å². The molecule has 4 atom stereocenters. The Bertz CT molecular complexity index is 1660. The molecule has 0 N–H and O–H groups in total. The number of piperidine rings is 1. The number of methoxy groups -OCH3 is 1. The fourth-order valence-corrected chi connectivity index (χ4v) is 7.94. The lowest BCUT2D eigenvalue weighted by Crippen LogP contribution is -2.69. The van der Waals surface area contributed by atoms with E-state index in [4.69, 9.17) is 9.72 Å². The Balaban J connectivity index is 1.36. The molecule has 1 amide bonds. The van der Waals surface area contributed by atoms with Gasteiger partial charge in [0, 0.05) is 23.3 Å². The molecule has 8 rings (SSSR count). The highest BCUT2D eigenvalue weighted by Gasteiger charge is 2.71. The summed E-state index contributed by atoms with van der Waals surface area (Å²) in [6.45, 7) is 1.99. The van der Waals surface area contributed by atoms with E-state index in [0.29, 0.717) is 24.4 Å². The van der Waals surface area contributed by atoms with Gasteiger partial charge in [0.2, 0.25) is 5.91 Å². The maximum absolute atomic E-state index is 14.6. The molecule has 38 heavy (non-hydrogen) atoms. The molecular weight excluding hydrogens is 490 g/mol. The number of nitriles is 1. The molecule has 186 valence electrons. The number of aromatic nitrogens is 1. The Morgan fingerprint density at radius 1 is 1.24 bits per heavy atom. The Kier molecular flexibility index (Phi) is 4.96. The molecule has 5 aliphatic rings. The quantitative estimate of drug-likeness (QED) is 0.419. The van der Waals surface area contributed by atoms with Crippen LogP contribution in [0.15, 0.2) is 77.2 Å². The molecule has 2 aromatic carbocycles. The highest BCUT2D eigenvalue weighted by molar-refractivity contribution is 7.14. The van der Waals surface area contributed by atoms with Crippen molar-refractivity contribution in [3.8, 4) is 23.7 Å². The first-order valence-electron chi connectivity index (χ1n) is 12.8. The lowest BCUT2D eigenvalue weighted by atomic mass is 9.42. The van der Waals surface area contributed by atoms with Gasteiger partial charge in [-0.15, -0.1) is 11.3 Å². The lowest BCUT2D eigenvalue weighted by molar-refractivity contribution is -0.133. The van der Waals surface area contributed by atoms with Crippen molar-refractivity contribution in [3.05, 3.63) is 99.6 Å². The molecule has 2 heterocycles. The van der Waals surface area contributed by atoms with Crippen molar-refractivity contribution in [2.45, 2.75) is 43.6 Å². The van der Waals surface area contributed by atoms with Gasteiger partial charge in [-0.2, -0.15) is 5.26 Å². The first-order chi connectivity index (χ1) is 18.5. The van der Waals surface area contributed by atoms with E-state index in [1.807, 2.05) is 71.8 Å². The zero-order valence-corrected chi connectivity index (χ0v) is 22.0. The predicted octanol–water partition coefficient (Wildman–Crippen LogP) is 5.69. The van der Waals surface area contributed by atoms with Crippen molar-refractivity contribution in [3.63, 3.8) is 0 Å². The van der Waals surface area contributed by atoms with Gasteiger partial charge in [0.1, 0.15) is 11.2 Å². The van der Waals surface area contributed by atoms with Gasteiger partial charge in [-0.1, -0.05) is 54.3 Å². The monoisotopic (exact) mass is 515 g/mol. The first-order valence-corrected chi connectivity index (χ1v) is 13.7. The van der Waals surface area contributed by atoms with Crippen LogP contribution >= 0.6 is 11.3 Å². The number of carbonyl (C=O) groups excluding carboxylic acids is 1. The topological polar surface area (TPSA) is 66.2 Å². The standard InChI is InChI=1S/C32H25N3O2S/c1-31-17-25-23-8-6-7-10-26(23)32(31,19-33)28-24(25)9-4-3-5-11-27(28)35(29(31)36)30-34-21(18-38-30)16-20-12-14-22(37-2)15-13-20/h3,5-8,10,12-15,18,25,27H,11,16-17H2,1-2H3. The fraction of sp³-hybridized carbons (Fsp3) is 0.281. The van der Waals surface area contributed by atoms with E-state index in [1.54, 1.807) is 7.11 Å². The van der Waals surface area contributed by atoms with E-state index >= 15 is 0 Å².